The first-order valence-electron chi connectivity index (χ1n) is 11.6. The summed E-state index contributed by atoms with van der Waals surface area (Å²) in [7, 11) is 3.55. The van der Waals surface area contributed by atoms with Gasteiger partial charge in [0.1, 0.15) is 6.54 Å². The van der Waals surface area contributed by atoms with Gasteiger partial charge < -0.3 is 20.3 Å². The lowest BCUT2D eigenvalue weighted by molar-refractivity contribution is -0.127. The molecule has 2 heterocycles. The number of guanidine groups is 1. The molecule has 2 rings (SSSR count). The lowest BCUT2D eigenvalue weighted by Crippen LogP contribution is -2.51. The van der Waals surface area contributed by atoms with Crippen LogP contribution in [0, 0.1) is 5.92 Å². The van der Waals surface area contributed by atoms with E-state index in [4.69, 9.17) is 4.74 Å². The predicted octanol–water partition coefficient (Wildman–Crippen LogP) is 2.70. The minimum atomic E-state index is 0. The number of nitrogens with zero attached hydrogens (tertiary/aromatic N) is 3. The molecule has 30 heavy (non-hydrogen) atoms. The molecule has 2 N–H and O–H groups in total. The summed E-state index contributed by atoms with van der Waals surface area (Å²) < 4.78 is 6.07. The number of amides is 1. The molecule has 0 bridgehead atoms. The SMILES string of the molecule is CCC(CC)C1CC(NC(=NCC(=O)N(C)C)NCC2CCCN2CC)CCO1.I. The third-order valence-electron chi connectivity index (χ3n) is 6.51. The van der Waals surface area contributed by atoms with E-state index in [0.717, 1.165) is 51.3 Å². The van der Waals surface area contributed by atoms with Crippen LogP contribution in [-0.4, -0.2) is 86.7 Å². The maximum Gasteiger partial charge on any atom is 0.243 e. The van der Waals surface area contributed by atoms with Gasteiger partial charge in [-0.25, -0.2) is 4.99 Å². The van der Waals surface area contributed by atoms with E-state index in [-0.39, 0.29) is 36.4 Å². The highest BCUT2D eigenvalue weighted by Crippen LogP contribution is 2.25. The van der Waals surface area contributed by atoms with Crippen LogP contribution >= 0.6 is 24.0 Å². The maximum atomic E-state index is 12.1. The van der Waals surface area contributed by atoms with Crippen LogP contribution in [0.5, 0.6) is 0 Å². The maximum absolute atomic E-state index is 12.1. The highest BCUT2D eigenvalue weighted by atomic mass is 127. The van der Waals surface area contributed by atoms with Crippen LogP contribution in [0.15, 0.2) is 4.99 Å². The Morgan fingerprint density at radius 2 is 1.97 bits per heavy atom. The van der Waals surface area contributed by atoms with Crippen molar-refractivity contribution in [3.05, 3.63) is 0 Å². The van der Waals surface area contributed by atoms with E-state index in [0.29, 0.717) is 24.1 Å². The number of halogens is 1. The average molecular weight is 538 g/mol. The van der Waals surface area contributed by atoms with Gasteiger partial charge in [0.25, 0.3) is 0 Å². The van der Waals surface area contributed by atoms with Gasteiger partial charge in [0.15, 0.2) is 5.96 Å². The molecule has 0 aromatic rings. The molecule has 0 aromatic carbocycles. The molecule has 0 aliphatic carbocycles. The number of likely N-dealkylation sites (N-methyl/N-ethyl adjacent to an activating group) is 2. The minimum absolute atomic E-state index is 0. The predicted molar refractivity (Wildman–Crippen MR) is 135 cm³/mol. The van der Waals surface area contributed by atoms with Crippen molar-refractivity contribution in [3.63, 3.8) is 0 Å². The quantitative estimate of drug-likeness (QED) is 0.269. The molecule has 1 amide bonds. The van der Waals surface area contributed by atoms with Crippen LogP contribution in [0.2, 0.25) is 0 Å². The molecule has 2 aliphatic rings. The summed E-state index contributed by atoms with van der Waals surface area (Å²) in [6, 6.07) is 0.879. The Bertz CT molecular complexity index is 528. The van der Waals surface area contributed by atoms with E-state index in [2.05, 4.69) is 41.3 Å². The molecule has 3 unspecified atom stereocenters. The fraction of sp³-hybridized carbons (Fsp3) is 0.909. The highest BCUT2D eigenvalue weighted by Gasteiger charge is 2.29. The Balaban J connectivity index is 0.00000450. The first-order chi connectivity index (χ1) is 14.0. The van der Waals surface area contributed by atoms with Gasteiger partial charge in [-0.1, -0.05) is 33.6 Å². The first kappa shape index (κ1) is 27.4. The van der Waals surface area contributed by atoms with E-state index >= 15 is 0 Å². The summed E-state index contributed by atoms with van der Waals surface area (Å²) in [6.45, 7) is 10.8. The Morgan fingerprint density at radius 3 is 2.60 bits per heavy atom. The van der Waals surface area contributed by atoms with Gasteiger partial charge in [0.2, 0.25) is 5.91 Å². The van der Waals surface area contributed by atoms with Gasteiger partial charge in [-0.3, -0.25) is 9.69 Å². The molecule has 2 fully saturated rings. The van der Waals surface area contributed by atoms with Crippen LogP contribution in [0.25, 0.3) is 0 Å². The van der Waals surface area contributed by atoms with Crippen LogP contribution in [0.1, 0.15) is 59.3 Å². The summed E-state index contributed by atoms with van der Waals surface area (Å²) in [5.74, 6) is 1.39. The number of carbonyl (C=O) groups is 1. The monoisotopic (exact) mass is 537 g/mol. The molecule has 0 radical (unpaired) electrons. The molecule has 7 nitrogen and oxygen atoms in total. The Morgan fingerprint density at radius 1 is 1.23 bits per heavy atom. The molecular weight excluding hydrogens is 493 g/mol. The second kappa shape index (κ2) is 14.5. The Hall–Kier alpha value is -0.610. The fourth-order valence-corrected chi connectivity index (χ4v) is 4.49. The number of likely N-dealkylation sites (tertiary alicyclic amines) is 1. The molecule has 0 saturated carbocycles. The molecule has 8 heteroatoms. The summed E-state index contributed by atoms with van der Waals surface area (Å²) >= 11 is 0. The standard InChI is InChI=1S/C22H43N5O2.HI/c1-6-17(7-2)20-14-18(11-13-29-20)25-22(24-16-21(28)26(4)5)23-15-19-10-9-12-27(19)8-3;/h17-20H,6-16H2,1-5H3,(H2,23,24,25);1H. The van der Waals surface area contributed by atoms with Crippen molar-refractivity contribution in [1.29, 1.82) is 0 Å². The molecule has 0 aromatic heterocycles. The summed E-state index contributed by atoms with van der Waals surface area (Å²) in [6.07, 6.45) is 7.07. The number of hydrogen-bond acceptors (Lipinski definition) is 4. The Kier molecular flexibility index (Phi) is 13.2. The van der Waals surface area contributed by atoms with Crippen molar-refractivity contribution in [2.45, 2.75) is 77.5 Å². The van der Waals surface area contributed by atoms with Crippen LogP contribution in [0.4, 0.5) is 0 Å². The second-order valence-corrected chi connectivity index (χ2v) is 8.61. The van der Waals surface area contributed by atoms with Gasteiger partial charge in [0, 0.05) is 39.3 Å². The summed E-state index contributed by atoms with van der Waals surface area (Å²) in [5, 5.41) is 7.13. The Labute approximate surface area is 200 Å². The minimum Gasteiger partial charge on any atom is -0.378 e. The van der Waals surface area contributed by atoms with Crippen molar-refractivity contribution in [3.8, 4) is 0 Å². The zero-order chi connectivity index (χ0) is 21.2. The summed E-state index contributed by atoms with van der Waals surface area (Å²) in [4.78, 5) is 20.8. The van der Waals surface area contributed by atoms with Crippen LogP contribution in [0.3, 0.4) is 0 Å². The zero-order valence-electron chi connectivity index (χ0n) is 19.7. The molecule has 2 aliphatic heterocycles. The third kappa shape index (κ3) is 8.49. The molecule has 3 atom stereocenters. The topological polar surface area (TPSA) is 69.2 Å². The van der Waals surface area contributed by atoms with Gasteiger partial charge in [0.05, 0.1) is 6.10 Å². The third-order valence-corrected chi connectivity index (χ3v) is 6.51. The molecule has 0 spiro atoms. The van der Waals surface area contributed by atoms with Crippen LogP contribution < -0.4 is 10.6 Å². The lowest BCUT2D eigenvalue weighted by Gasteiger charge is -2.35. The highest BCUT2D eigenvalue weighted by molar-refractivity contribution is 14.0. The second-order valence-electron chi connectivity index (χ2n) is 8.61. The summed E-state index contributed by atoms with van der Waals surface area (Å²) in [5.41, 5.74) is 0. The van der Waals surface area contributed by atoms with Crippen molar-refractivity contribution in [1.82, 2.24) is 20.4 Å². The van der Waals surface area contributed by atoms with Gasteiger partial charge in [-0.05, 0) is 44.7 Å². The average Bonchev–Trinajstić information content (AvgIpc) is 3.18. The van der Waals surface area contributed by atoms with Crippen molar-refractivity contribution in [2.24, 2.45) is 10.9 Å². The van der Waals surface area contributed by atoms with E-state index in [1.54, 1.807) is 19.0 Å². The molecule has 176 valence electrons. The number of nitrogens with one attached hydrogen (secondary N) is 2. The van der Waals surface area contributed by atoms with Gasteiger partial charge >= 0.3 is 0 Å². The van der Waals surface area contributed by atoms with Crippen LogP contribution in [-0.2, 0) is 9.53 Å². The van der Waals surface area contributed by atoms with E-state index < -0.39 is 0 Å². The number of ether oxygens (including phenoxy) is 1. The smallest absolute Gasteiger partial charge is 0.243 e. The van der Waals surface area contributed by atoms with E-state index in [1.807, 2.05) is 0 Å². The largest absolute Gasteiger partial charge is 0.378 e. The van der Waals surface area contributed by atoms with Crippen molar-refractivity contribution >= 4 is 35.8 Å². The number of carbonyl (C=O) groups excluding carboxylic acids is 1. The molecular formula is C22H44IN5O2. The number of hydrogen-bond donors (Lipinski definition) is 2. The number of aliphatic imine (C=N–C) groups is 1. The van der Waals surface area contributed by atoms with Gasteiger partial charge in [-0.2, -0.15) is 0 Å². The van der Waals surface area contributed by atoms with Crippen molar-refractivity contribution < 1.29 is 9.53 Å². The normalized spacial score (nSPS) is 25.1. The lowest BCUT2D eigenvalue weighted by atomic mass is 9.89. The van der Waals surface area contributed by atoms with E-state index in [9.17, 15) is 4.79 Å². The fourth-order valence-electron chi connectivity index (χ4n) is 4.49. The van der Waals surface area contributed by atoms with Gasteiger partial charge in [-0.15, -0.1) is 24.0 Å². The molecule has 2 saturated heterocycles. The van der Waals surface area contributed by atoms with E-state index in [1.165, 1.54) is 19.4 Å². The number of rotatable bonds is 9. The zero-order valence-corrected chi connectivity index (χ0v) is 22.0. The van der Waals surface area contributed by atoms with Crippen molar-refractivity contribution in [2.75, 3.05) is 46.9 Å². The first-order valence-corrected chi connectivity index (χ1v) is 11.6.